The van der Waals surface area contributed by atoms with Crippen LogP contribution in [0.15, 0.2) is 45.5 Å². The Morgan fingerprint density at radius 2 is 2.08 bits per heavy atom. The molecule has 1 amide bonds. The summed E-state index contributed by atoms with van der Waals surface area (Å²) < 4.78 is 10.7. The van der Waals surface area contributed by atoms with Crippen molar-refractivity contribution >= 4 is 23.0 Å². The van der Waals surface area contributed by atoms with Crippen LogP contribution in [-0.4, -0.2) is 35.7 Å². The summed E-state index contributed by atoms with van der Waals surface area (Å²) in [6.45, 7) is 2.38. The zero-order valence-corrected chi connectivity index (χ0v) is 13.1. The molecular formula is C17H18N4O3. The highest BCUT2D eigenvalue weighted by atomic mass is 16.5. The molecule has 1 aliphatic heterocycles. The molecule has 4 rings (SSSR count). The lowest BCUT2D eigenvalue weighted by Gasteiger charge is -2.30. The van der Waals surface area contributed by atoms with Gasteiger partial charge in [-0.2, -0.15) is 4.98 Å². The van der Waals surface area contributed by atoms with Crippen LogP contribution < -0.4 is 10.2 Å². The Kier molecular flexibility index (Phi) is 3.90. The van der Waals surface area contributed by atoms with Crippen LogP contribution in [0.25, 0.3) is 11.1 Å². The number of nitrogens with one attached hydrogen (secondary N) is 1. The number of nitrogens with zero attached hydrogens (tertiary/aromatic N) is 3. The summed E-state index contributed by atoms with van der Waals surface area (Å²) in [5.74, 6) is 0.477. The summed E-state index contributed by atoms with van der Waals surface area (Å²) in [4.78, 5) is 18.6. The number of carbonyl (C=O) groups is 1. The third kappa shape index (κ3) is 2.97. The van der Waals surface area contributed by atoms with Crippen LogP contribution in [-0.2, 0) is 0 Å². The smallest absolute Gasteiger partial charge is 0.298 e. The molecule has 1 aromatic carbocycles. The zero-order chi connectivity index (χ0) is 16.4. The number of anilines is 1. The lowest BCUT2D eigenvalue weighted by molar-refractivity contribution is 0.0908. The molecule has 0 spiro atoms. The highest BCUT2D eigenvalue weighted by molar-refractivity contribution is 5.91. The van der Waals surface area contributed by atoms with Gasteiger partial charge in [0.2, 0.25) is 5.76 Å². The van der Waals surface area contributed by atoms with E-state index in [4.69, 9.17) is 8.94 Å². The van der Waals surface area contributed by atoms with Crippen molar-refractivity contribution in [3.05, 3.63) is 42.3 Å². The van der Waals surface area contributed by atoms with Crippen molar-refractivity contribution in [2.75, 3.05) is 24.5 Å². The van der Waals surface area contributed by atoms with E-state index in [-0.39, 0.29) is 11.7 Å². The van der Waals surface area contributed by atoms with Crippen LogP contribution in [0.4, 0.5) is 6.01 Å². The van der Waals surface area contributed by atoms with E-state index >= 15 is 0 Å². The van der Waals surface area contributed by atoms with E-state index in [0.29, 0.717) is 18.5 Å². The van der Waals surface area contributed by atoms with Crippen LogP contribution in [0.2, 0.25) is 0 Å². The molecule has 3 heterocycles. The van der Waals surface area contributed by atoms with Gasteiger partial charge in [0.15, 0.2) is 5.58 Å². The third-order valence-corrected chi connectivity index (χ3v) is 4.38. The number of benzene rings is 1. The van der Waals surface area contributed by atoms with Gasteiger partial charge in [0.05, 0.1) is 6.20 Å². The molecule has 0 aliphatic carbocycles. The summed E-state index contributed by atoms with van der Waals surface area (Å²) in [5, 5.41) is 6.44. The molecule has 0 atom stereocenters. The predicted molar refractivity (Wildman–Crippen MR) is 87.8 cm³/mol. The molecular weight excluding hydrogens is 308 g/mol. The van der Waals surface area contributed by atoms with Crippen LogP contribution in [0.5, 0.6) is 0 Å². The van der Waals surface area contributed by atoms with Crippen LogP contribution in [0, 0.1) is 5.92 Å². The van der Waals surface area contributed by atoms with Crippen molar-refractivity contribution in [3.8, 4) is 0 Å². The predicted octanol–water partition coefficient (Wildman–Crippen LogP) is 2.46. The van der Waals surface area contributed by atoms with Crippen molar-refractivity contribution < 1.29 is 13.7 Å². The number of carbonyl (C=O) groups excluding carboxylic acids is 1. The van der Waals surface area contributed by atoms with Gasteiger partial charge in [-0.05, 0) is 30.9 Å². The molecule has 2 aromatic heterocycles. The first-order valence-corrected chi connectivity index (χ1v) is 8.09. The van der Waals surface area contributed by atoms with Crippen LogP contribution in [0.3, 0.4) is 0 Å². The first-order chi connectivity index (χ1) is 11.8. The number of piperidine rings is 1. The summed E-state index contributed by atoms with van der Waals surface area (Å²) in [6.07, 6.45) is 3.43. The average molecular weight is 326 g/mol. The van der Waals surface area contributed by atoms with Gasteiger partial charge in [0.1, 0.15) is 5.52 Å². The number of rotatable bonds is 4. The Morgan fingerprint density at radius 1 is 1.25 bits per heavy atom. The zero-order valence-electron chi connectivity index (χ0n) is 13.1. The maximum Gasteiger partial charge on any atom is 0.298 e. The number of fused-ring (bicyclic) bond motifs is 1. The molecule has 0 radical (unpaired) electrons. The summed E-state index contributed by atoms with van der Waals surface area (Å²) in [7, 11) is 0. The lowest BCUT2D eigenvalue weighted by atomic mass is 9.97. The number of oxazole rings is 1. The number of hydrogen-bond acceptors (Lipinski definition) is 6. The van der Waals surface area contributed by atoms with Crippen molar-refractivity contribution in [1.82, 2.24) is 15.5 Å². The fourth-order valence-corrected chi connectivity index (χ4v) is 2.98. The van der Waals surface area contributed by atoms with Gasteiger partial charge < -0.3 is 19.2 Å². The molecule has 124 valence electrons. The summed E-state index contributed by atoms with van der Waals surface area (Å²) >= 11 is 0. The monoisotopic (exact) mass is 326 g/mol. The second-order valence-electron chi connectivity index (χ2n) is 5.98. The molecule has 7 nitrogen and oxygen atoms in total. The fourth-order valence-electron chi connectivity index (χ4n) is 2.98. The maximum absolute atomic E-state index is 11.9. The van der Waals surface area contributed by atoms with Crippen LogP contribution in [0.1, 0.15) is 23.4 Å². The average Bonchev–Trinajstić information content (AvgIpc) is 3.29. The van der Waals surface area contributed by atoms with Gasteiger partial charge in [-0.15, -0.1) is 0 Å². The number of aromatic nitrogens is 2. The topological polar surface area (TPSA) is 84.4 Å². The minimum atomic E-state index is -0.214. The maximum atomic E-state index is 11.9. The lowest BCUT2D eigenvalue weighted by Crippen LogP contribution is -2.38. The molecule has 1 N–H and O–H groups in total. The Morgan fingerprint density at radius 3 is 2.83 bits per heavy atom. The van der Waals surface area contributed by atoms with E-state index < -0.39 is 0 Å². The quantitative estimate of drug-likeness (QED) is 0.793. The van der Waals surface area contributed by atoms with E-state index in [0.717, 1.165) is 37.0 Å². The molecule has 1 fully saturated rings. The van der Waals surface area contributed by atoms with Gasteiger partial charge in [-0.1, -0.05) is 17.3 Å². The van der Waals surface area contributed by atoms with Crippen molar-refractivity contribution in [2.45, 2.75) is 12.8 Å². The minimum Gasteiger partial charge on any atom is -0.423 e. The fraction of sp³-hybridized carbons (Fsp3) is 0.353. The van der Waals surface area contributed by atoms with Gasteiger partial charge in [0, 0.05) is 25.7 Å². The number of para-hydroxylation sites is 2. The Balaban J connectivity index is 1.31. The van der Waals surface area contributed by atoms with E-state index in [1.54, 1.807) is 6.07 Å². The largest absolute Gasteiger partial charge is 0.423 e. The molecule has 0 saturated carbocycles. The molecule has 0 unspecified atom stereocenters. The third-order valence-electron chi connectivity index (χ3n) is 4.38. The standard InChI is InChI=1S/C17H18N4O3/c22-16(15-5-8-19-24-15)18-11-12-6-9-21(10-7-12)17-20-13-3-1-2-4-14(13)23-17/h1-5,8,12H,6-7,9-11H2,(H,18,22). The van der Waals surface area contributed by atoms with Crippen LogP contribution >= 0.6 is 0 Å². The van der Waals surface area contributed by atoms with E-state index in [9.17, 15) is 4.79 Å². The molecule has 0 bridgehead atoms. The number of hydrogen-bond donors (Lipinski definition) is 1. The van der Waals surface area contributed by atoms with E-state index in [1.165, 1.54) is 6.20 Å². The summed E-state index contributed by atoms with van der Waals surface area (Å²) in [5.41, 5.74) is 1.70. The van der Waals surface area contributed by atoms with E-state index in [1.807, 2.05) is 24.3 Å². The van der Waals surface area contributed by atoms with Gasteiger partial charge >= 0.3 is 0 Å². The van der Waals surface area contributed by atoms with Gasteiger partial charge in [-0.25, -0.2) is 0 Å². The van der Waals surface area contributed by atoms with Gasteiger partial charge in [-0.3, -0.25) is 4.79 Å². The highest BCUT2D eigenvalue weighted by Crippen LogP contribution is 2.26. The van der Waals surface area contributed by atoms with Gasteiger partial charge in [0.25, 0.3) is 11.9 Å². The Bertz CT molecular complexity index is 786. The first kappa shape index (κ1) is 14.7. The Labute approximate surface area is 138 Å². The second kappa shape index (κ2) is 6.35. The first-order valence-electron chi connectivity index (χ1n) is 8.09. The SMILES string of the molecule is O=C(NCC1CCN(c2nc3ccccc3o2)CC1)c1ccno1. The molecule has 3 aromatic rings. The van der Waals surface area contributed by atoms with E-state index in [2.05, 4.69) is 20.4 Å². The second-order valence-corrected chi connectivity index (χ2v) is 5.98. The van der Waals surface area contributed by atoms with Crippen molar-refractivity contribution in [3.63, 3.8) is 0 Å². The molecule has 1 aliphatic rings. The highest BCUT2D eigenvalue weighted by Gasteiger charge is 2.23. The molecule has 7 heteroatoms. The summed E-state index contributed by atoms with van der Waals surface area (Å²) in [6, 6.07) is 10.0. The Hall–Kier alpha value is -2.83. The molecule has 1 saturated heterocycles. The minimum absolute atomic E-state index is 0.214. The normalized spacial score (nSPS) is 15.8. The van der Waals surface area contributed by atoms with Crippen molar-refractivity contribution in [1.29, 1.82) is 0 Å². The number of amides is 1. The molecule has 24 heavy (non-hydrogen) atoms. The van der Waals surface area contributed by atoms with Crippen molar-refractivity contribution in [2.24, 2.45) is 5.92 Å².